The van der Waals surface area contributed by atoms with Gasteiger partial charge in [0.25, 0.3) is 0 Å². The van der Waals surface area contributed by atoms with Crippen LogP contribution in [-0.4, -0.2) is 100 Å². The van der Waals surface area contributed by atoms with Crippen molar-refractivity contribution in [3.63, 3.8) is 0 Å². The number of hydrogen-bond donors (Lipinski definition) is 6. The van der Waals surface area contributed by atoms with Crippen LogP contribution in [0.15, 0.2) is 72.9 Å². The van der Waals surface area contributed by atoms with Gasteiger partial charge < -0.3 is 45.1 Å². The van der Waals surface area contributed by atoms with E-state index in [0.29, 0.717) is 19.4 Å². The number of nitrogens with one attached hydrogen (secondary N) is 1. The van der Waals surface area contributed by atoms with Gasteiger partial charge in [0.1, 0.15) is 24.4 Å². The number of esters is 1. The van der Waals surface area contributed by atoms with Crippen molar-refractivity contribution in [1.82, 2.24) is 5.32 Å². The van der Waals surface area contributed by atoms with Gasteiger partial charge in [-0.15, -0.1) is 0 Å². The lowest BCUT2D eigenvalue weighted by Crippen LogP contribution is -2.60. The minimum atomic E-state index is -1.58. The Bertz CT molecular complexity index is 1760. The van der Waals surface area contributed by atoms with Gasteiger partial charge in [-0.1, -0.05) is 318 Å². The van der Waals surface area contributed by atoms with Gasteiger partial charge in [0.05, 0.1) is 32.0 Å². The van der Waals surface area contributed by atoms with Crippen LogP contribution in [0.3, 0.4) is 0 Å². The van der Waals surface area contributed by atoms with Gasteiger partial charge in [0.2, 0.25) is 5.91 Å². The van der Waals surface area contributed by atoms with Crippen LogP contribution in [0.2, 0.25) is 0 Å². The Kier molecular flexibility index (Phi) is 65.8. The standard InChI is InChI=1S/C81H147NO10/c1-3-5-7-9-11-13-14-15-16-43-46-49-53-57-61-65-69-77(86)90-70-66-62-58-54-50-47-44-41-39-37-35-33-31-29-27-25-23-21-19-17-18-20-22-24-26-28-30-32-34-36-38-40-42-45-48-52-56-60-64-68-76(85)82-73(74(84)67-63-59-55-51-12-10-8-6-4-2)72-91-81-80(89)79(88)78(87)75(71-83)92-81/h12-14,16-18,21,23,43,51,63,67,73-75,78-81,83-84,87-89H,3-11,15,19-20,22,24-42,44-50,52-62,64-66,68-72H2,1-2H3,(H,82,85)/b14-13-,18-17-,23-21-,43-16-,51-12+,67-63+. The average Bonchev–Trinajstić information content (AvgIpc) is 0.924. The Labute approximate surface area is 566 Å². The third kappa shape index (κ3) is 57.4. The number of amides is 1. The summed E-state index contributed by atoms with van der Waals surface area (Å²) in [5, 5.41) is 54.3. The fourth-order valence-corrected chi connectivity index (χ4v) is 12.1. The van der Waals surface area contributed by atoms with Gasteiger partial charge in [-0.3, -0.25) is 9.59 Å². The number of ether oxygens (including phenoxy) is 3. The van der Waals surface area contributed by atoms with E-state index in [9.17, 15) is 35.1 Å². The normalized spacial score (nSPS) is 17.9. The lowest BCUT2D eigenvalue weighted by atomic mass is 9.99. The van der Waals surface area contributed by atoms with Gasteiger partial charge in [-0.25, -0.2) is 0 Å². The molecule has 92 heavy (non-hydrogen) atoms. The monoisotopic (exact) mass is 1290 g/mol. The lowest BCUT2D eigenvalue weighted by Gasteiger charge is -2.40. The quantitative estimate of drug-likeness (QED) is 0.0195. The van der Waals surface area contributed by atoms with Crippen LogP contribution in [-0.2, 0) is 23.8 Å². The summed E-state index contributed by atoms with van der Waals surface area (Å²) in [7, 11) is 0. The number of aliphatic hydroxyl groups excluding tert-OH is 5. The molecule has 536 valence electrons. The minimum Gasteiger partial charge on any atom is -0.466 e. The third-order valence-corrected chi connectivity index (χ3v) is 18.3. The summed E-state index contributed by atoms with van der Waals surface area (Å²) >= 11 is 0. The number of carbonyl (C=O) groups is 2. The molecule has 1 aliphatic rings. The predicted molar refractivity (Wildman–Crippen MR) is 389 cm³/mol. The number of hydrogen-bond acceptors (Lipinski definition) is 10. The summed E-state index contributed by atoms with van der Waals surface area (Å²) in [6.07, 6.45) is 85.3. The molecule has 0 saturated carbocycles. The minimum absolute atomic E-state index is 0.000760. The van der Waals surface area contributed by atoms with Crippen molar-refractivity contribution in [2.45, 2.75) is 410 Å². The second-order valence-electron chi connectivity index (χ2n) is 27.0. The number of allylic oxidation sites excluding steroid dienone is 11. The van der Waals surface area contributed by atoms with E-state index < -0.39 is 49.5 Å². The van der Waals surface area contributed by atoms with Crippen LogP contribution in [0.5, 0.6) is 0 Å². The van der Waals surface area contributed by atoms with E-state index in [4.69, 9.17) is 14.2 Å². The predicted octanol–water partition coefficient (Wildman–Crippen LogP) is 21.0. The molecule has 7 unspecified atom stereocenters. The van der Waals surface area contributed by atoms with Gasteiger partial charge in [0, 0.05) is 12.8 Å². The highest BCUT2D eigenvalue weighted by Crippen LogP contribution is 2.23. The van der Waals surface area contributed by atoms with Crippen LogP contribution in [0, 0.1) is 0 Å². The first-order chi connectivity index (χ1) is 45.2. The van der Waals surface area contributed by atoms with E-state index in [1.54, 1.807) is 6.08 Å². The highest BCUT2D eigenvalue weighted by Gasteiger charge is 2.44. The van der Waals surface area contributed by atoms with E-state index in [-0.39, 0.29) is 18.5 Å². The van der Waals surface area contributed by atoms with E-state index >= 15 is 0 Å². The van der Waals surface area contributed by atoms with Crippen LogP contribution in [0.1, 0.15) is 367 Å². The molecule has 1 saturated heterocycles. The molecular formula is C81H147NO10. The summed E-state index contributed by atoms with van der Waals surface area (Å²) in [5.41, 5.74) is 0. The molecule has 6 N–H and O–H groups in total. The Morgan fingerprint density at radius 2 is 0.739 bits per heavy atom. The van der Waals surface area contributed by atoms with Crippen LogP contribution in [0.4, 0.5) is 0 Å². The number of carbonyl (C=O) groups excluding carboxylic acids is 2. The molecule has 11 heteroatoms. The SMILES string of the molecule is CCCCC/C=C/CC/C=C/C(O)C(COC1OC(CO)C(O)C(O)C1O)NC(=O)CCCCCCCCCCCCCCCCCCC/C=C\C/C=C\CCCCCCCCCCCCCCCCCOC(=O)CCCCCCC/C=C\C/C=C\CCCCCC. The van der Waals surface area contributed by atoms with Crippen molar-refractivity contribution in [1.29, 1.82) is 0 Å². The van der Waals surface area contributed by atoms with Crippen LogP contribution < -0.4 is 5.32 Å². The molecule has 1 aliphatic heterocycles. The van der Waals surface area contributed by atoms with Crippen LogP contribution >= 0.6 is 0 Å². The van der Waals surface area contributed by atoms with Crippen LogP contribution in [0.25, 0.3) is 0 Å². The highest BCUT2D eigenvalue weighted by atomic mass is 16.7. The van der Waals surface area contributed by atoms with Gasteiger partial charge in [-0.05, 0) is 109 Å². The first-order valence-corrected chi connectivity index (χ1v) is 39.2. The molecule has 0 bridgehead atoms. The maximum Gasteiger partial charge on any atom is 0.305 e. The molecule has 1 rings (SSSR count). The fourth-order valence-electron chi connectivity index (χ4n) is 12.1. The van der Waals surface area contributed by atoms with Crippen molar-refractivity contribution in [2.24, 2.45) is 0 Å². The second kappa shape index (κ2) is 69.5. The Balaban J connectivity index is 1.87. The molecule has 7 atom stereocenters. The Morgan fingerprint density at radius 3 is 1.16 bits per heavy atom. The summed E-state index contributed by atoms with van der Waals surface area (Å²) in [6.45, 7) is 4.28. The zero-order valence-electron chi connectivity index (χ0n) is 59.8. The third-order valence-electron chi connectivity index (χ3n) is 18.3. The topological polar surface area (TPSA) is 175 Å². The molecule has 0 aliphatic carbocycles. The van der Waals surface area contributed by atoms with E-state index in [1.807, 2.05) is 6.08 Å². The summed E-state index contributed by atoms with van der Waals surface area (Å²) in [5.74, 6) is -0.190. The van der Waals surface area contributed by atoms with E-state index in [2.05, 4.69) is 79.9 Å². The highest BCUT2D eigenvalue weighted by molar-refractivity contribution is 5.76. The maximum absolute atomic E-state index is 13.0. The summed E-state index contributed by atoms with van der Waals surface area (Å²) in [6, 6.07) is -0.825. The summed E-state index contributed by atoms with van der Waals surface area (Å²) < 4.78 is 16.7. The first-order valence-electron chi connectivity index (χ1n) is 39.2. The summed E-state index contributed by atoms with van der Waals surface area (Å²) in [4.78, 5) is 25.1. The molecule has 11 nitrogen and oxygen atoms in total. The number of rotatable bonds is 69. The van der Waals surface area contributed by atoms with Gasteiger partial charge in [-0.2, -0.15) is 0 Å². The van der Waals surface area contributed by atoms with Gasteiger partial charge in [0.15, 0.2) is 6.29 Å². The van der Waals surface area contributed by atoms with Crippen molar-refractivity contribution in [2.75, 3.05) is 19.8 Å². The molecule has 0 aromatic carbocycles. The van der Waals surface area contributed by atoms with Gasteiger partial charge >= 0.3 is 5.97 Å². The maximum atomic E-state index is 13.0. The molecular weight excluding hydrogens is 1150 g/mol. The largest absolute Gasteiger partial charge is 0.466 e. The van der Waals surface area contributed by atoms with Crippen molar-refractivity contribution in [3.8, 4) is 0 Å². The van der Waals surface area contributed by atoms with E-state index in [1.165, 1.54) is 270 Å². The zero-order chi connectivity index (χ0) is 66.5. The lowest BCUT2D eigenvalue weighted by molar-refractivity contribution is -0.302. The molecule has 0 aromatic heterocycles. The number of aliphatic hydroxyl groups is 5. The average molecular weight is 1300 g/mol. The van der Waals surface area contributed by atoms with Crippen molar-refractivity contribution >= 4 is 11.9 Å². The first kappa shape index (κ1) is 87.1. The fraction of sp³-hybridized carbons (Fsp3) is 0.827. The molecule has 1 heterocycles. The molecule has 1 amide bonds. The Morgan fingerprint density at radius 1 is 0.402 bits per heavy atom. The number of unbranched alkanes of at least 4 members (excludes halogenated alkanes) is 45. The molecule has 0 radical (unpaired) electrons. The second-order valence-corrected chi connectivity index (χ2v) is 27.0. The zero-order valence-corrected chi connectivity index (χ0v) is 59.8. The van der Waals surface area contributed by atoms with Crippen molar-refractivity contribution in [3.05, 3.63) is 72.9 Å². The van der Waals surface area contributed by atoms with E-state index in [0.717, 1.165) is 70.6 Å². The molecule has 1 fully saturated rings. The molecule has 0 spiro atoms. The smallest absolute Gasteiger partial charge is 0.305 e. The Hall–Kier alpha value is -2.90. The molecule has 0 aromatic rings. The van der Waals surface area contributed by atoms with Crippen molar-refractivity contribution < 1.29 is 49.3 Å².